The molecule has 410 valence electrons. The van der Waals surface area contributed by atoms with Crippen LogP contribution >= 0.6 is 0 Å². The first-order chi connectivity index (χ1) is 34.1. The van der Waals surface area contributed by atoms with Crippen molar-refractivity contribution in [3.63, 3.8) is 0 Å². The van der Waals surface area contributed by atoms with E-state index in [1.54, 1.807) is 0 Å². The molecule has 2 unspecified atom stereocenters. The van der Waals surface area contributed by atoms with Gasteiger partial charge in [-0.1, -0.05) is 230 Å². The summed E-state index contributed by atoms with van der Waals surface area (Å²) in [6.07, 6.45) is 60.9. The molecule has 0 aliphatic rings. The number of ether oxygens (including phenoxy) is 4. The van der Waals surface area contributed by atoms with Crippen molar-refractivity contribution >= 4 is 17.9 Å². The predicted molar refractivity (Wildman–Crippen MR) is 295 cm³/mol. The maximum absolute atomic E-state index is 12.9. The molecule has 0 aliphatic carbocycles. The molecule has 0 aromatic rings. The van der Waals surface area contributed by atoms with E-state index in [0.717, 1.165) is 57.8 Å². The maximum Gasteiger partial charge on any atom is 0.361 e. The number of hydrogen-bond acceptors (Lipinski definition) is 7. The molecule has 0 amide bonds. The minimum absolute atomic E-state index is 0.183. The normalized spacial score (nSPS) is 13.0. The van der Waals surface area contributed by atoms with E-state index in [2.05, 4.69) is 50.3 Å². The zero-order valence-electron chi connectivity index (χ0n) is 46.7. The third-order valence-corrected chi connectivity index (χ3v) is 13.1. The summed E-state index contributed by atoms with van der Waals surface area (Å²) >= 11 is 0. The first-order valence-electron chi connectivity index (χ1n) is 29.7. The molecule has 0 spiro atoms. The average molecular weight is 990 g/mol. The van der Waals surface area contributed by atoms with Gasteiger partial charge in [0.05, 0.1) is 34.4 Å². The molecule has 1 N–H and O–H groups in total. The van der Waals surface area contributed by atoms with Crippen LogP contribution < -0.4 is 0 Å². The highest BCUT2D eigenvalue weighted by molar-refractivity contribution is 5.71. The molecule has 0 aromatic carbocycles. The van der Waals surface area contributed by atoms with Crippen molar-refractivity contribution in [2.45, 2.75) is 289 Å². The number of carbonyl (C=O) groups excluding carboxylic acids is 2. The Bertz CT molecular complexity index is 1240. The van der Waals surface area contributed by atoms with Crippen LogP contribution in [0.5, 0.6) is 0 Å². The van der Waals surface area contributed by atoms with E-state index in [1.165, 1.54) is 193 Å². The van der Waals surface area contributed by atoms with Crippen molar-refractivity contribution in [1.82, 2.24) is 0 Å². The van der Waals surface area contributed by atoms with E-state index in [9.17, 15) is 19.5 Å². The van der Waals surface area contributed by atoms with Gasteiger partial charge in [-0.25, -0.2) is 4.79 Å². The van der Waals surface area contributed by atoms with E-state index >= 15 is 0 Å². The SMILES string of the molecule is CCCCCCC/C=C\C/C=C\CCCCCCCCCCCCCCCCCCCCCC(=O)OC(COC(=O)CCCCCCC/C=C\CCCCCCC)COC(OCC[N+](C)(C)C)C(=O)O. The third kappa shape index (κ3) is 53.3. The monoisotopic (exact) mass is 989 g/mol. The van der Waals surface area contributed by atoms with Gasteiger partial charge in [-0.05, 0) is 70.6 Å². The highest BCUT2D eigenvalue weighted by Crippen LogP contribution is 2.17. The number of carboxylic acid groups (broad SMARTS) is 1. The maximum atomic E-state index is 12.9. The molecular formula is C61H114NO8+. The lowest BCUT2D eigenvalue weighted by Gasteiger charge is -2.25. The number of likely N-dealkylation sites (N-methyl/N-ethyl adjacent to an activating group) is 1. The number of allylic oxidation sites excluding steroid dienone is 6. The number of carbonyl (C=O) groups is 3. The van der Waals surface area contributed by atoms with Crippen LogP contribution in [-0.4, -0.2) is 87.4 Å². The molecule has 0 bridgehead atoms. The fraction of sp³-hybridized carbons (Fsp3) is 0.852. The minimum atomic E-state index is -1.51. The number of esters is 2. The van der Waals surface area contributed by atoms with Gasteiger partial charge >= 0.3 is 17.9 Å². The lowest BCUT2D eigenvalue weighted by molar-refractivity contribution is -0.870. The standard InChI is InChI=1S/C61H113NO8/c1-6-8-10-12-14-16-18-20-22-23-24-25-26-27-28-29-30-31-32-33-34-35-36-37-38-40-42-44-46-48-50-52-59(64)70-57(56-69-61(60(65)66)67-54-53-62(3,4)5)55-68-58(63)51-49-47-45-43-41-39-21-19-17-15-13-11-9-7-2/h18-21,23-24,57,61H,6-17,22,25-56H2,1-5H3/p+1/b20-18-,21-19-,24-23-. The van der Waals surface area contributed by atoms with Gasteiger partial charge in [-0.15, -0.1) is 0 Å². The Morgan fingerprint density at radius 1 is 0.429 bits per heavy atom. The zero-order chi connectivity index (χ0) is 51.3. The topological polar surface area (TPSA) is 108 Å². The minimum Gasteiger partial charge on any atom is -0.477 e. The fourth-order valence-electron chi connectivity index (χ4n) is 8.51. The van der Waals surface area contributed by atoms with Crippen molar-refractivity contribution in [3.8, 4) is 0 Å². The quantitative estimate of drug-likeness (QED) is 0.0211. The van der Waals surface area contributed by atoms with Gasteiger partial charge in [0.15, 0.2) is 6.10 Å². The second-order valence-corrected chi connectivity index (χ2v) is 21.3. The summed E-state index contributed by atoms with van der Waals surface area (Å²) in [7, 11) is 5.97. The van der Waals surface area contributed by atoms with Crippen LogP contribution in [0.2, 0.25) is 0 Å². The van der Waals surface area contributed by atoms with E-state index in [1.807, 2.05) is 21.1 Å². The van der Waals surface area contributed by atoms with Crippen LogP contribution in [-0.2, 0) is 33.3 Å². The Labute approximate surface area is 432 Å². The second-order valence-electron chi connectivity index (χ2n) is 21.3. The summed E-state index contributed by atoms with van der Waals surface area (Å²) < 4.78 is 22.9. The van der Waals surface area contributed by atoms with Crippen molar-refractivity contribution in [3.05, 3.63) is 36.5 Å². The highest BCUT2D eigenvalue weighted by atomic mass is 16.7. The molecule has 0 radical (unpaired) electrons. The summed E-state index contributed by atoms with van der Waals surface area (Å²) in [5.74, 6) is -2.00. The summed E-state index contributed by atoms with van der Waals surface area (Å²) in [4.78, 5) is 37.3. The number of unbranched alkanes of at least 4 members (excludes halogenated alkanes) is 34. The number of rotatable bonds is 55. The van der Waals surface area contributed by atoms with Gasteiger partial charge < -0.3 is 28.5 Å². The molecule has 2 atom stereocenters. The Balaban J connectivity index is 4.10. The molecule has 70 heavy (non-hydrogen) atoms. The first-order valence-corrected chi connectivity index (χ1v) is 29.7. The van der Waals surface area contributed by atoms with E-state index < -0.39 is 24.3 Å². The number of carboxylic acids is 1. The molecule has 0 saturated heterocycles. The summed E-state index contributed by atoms with van der Waals surface area (Å²) in [5.41, 5.74) is 0. The smallest absolute Gasteiger partial charge is 0.361 e. The van der Waals surface area contributed by atoms with Crippen LogP contribution in [0.15, 0.2) is 36.5 Å². The summed E-state index contributed by atoms with van der Waals surface area (Å²) in [6.45, 7) is 4.88. The molecule has 0 heterocycles. The molecule has 0 aromatic heterocycles. The molecular weight excluding hydrogens is 875 g/mol. The van der Waals surface area contributed by atoms with Crippen molar-refractivity contribution in [2.24, 2.45) is 0 Å². The van der Waals surface area contributed by atoms with Gasteiger partial charge in [-0.2, -0.15) is 0 Å². The number of aliphatic carboxylic acids is 1. The van der Waals surface area contributed by atoms with Crippen molar-refractivity contribution in [2.75, 3.05) is 47.5 Å². The van der Waals surface area contributed by atoms with Crippen LogP contribution in [0, 0.1) is 0 Å². The lowest BCUT2D eigenvalue weighted by Crippen LogP contribution is -2.40. The average Bonchev–Trinajstić information content (AvgIpc) is 3.33. The van der Waals surface area contributed by atoms with Gasteiger partial charge in [-0.3, -0.25) is 9.59 Å². The number of quaternary nitrogens is 1. The van der Waals surface area contributed by atoms with Crippen molar-refractivity contribution in [1.29, 1.82) is 0 Å². The Morgan fingerprint density at radius 2 is 0.771 bits per heavy atom. The number of hydrogen-bond donors (Lipinski definition) is 1. The first kappa shape index (κ1) is 67.5. The lowest BCUT2D eigenvalue weighted by atomic mass is 10.0. The molecule has 9 heteroatoms. The van der Waals surface area contributed by atoms with Gasteiger partial charge in [0.1, 0.15) is 13.2 Å². The number of nitrogens with zero attached hydrogens (tertiary/aromatic N) is 1. The van der Waals surface area contributed by atoms with Gasteiger partial charge in [0.25, 0.3) is 6.29 Å². The van der Waals surface area contributed by atoms with E-state index in [0.29, 0.717) is 17.4 Å². The molecule has 9 nitrogen and oxygen atoms in total. The Kier molecular flexibility index (Phi) is 50.9. The second kappa shape index (κ2) is 52.8. The Hall–Kier alpha value is -2.49. The zero-order valence-corrected chi connectivity index (χ0v) is 46.7. The fourth-order valence-corrected chi connectivity index (χ4v) is 8.51. The predicted octanol–water partition coefficient (Wildman–Crippen LogP) is 17.3. The Morgan fingerprint density at radius 3 is 1.14 bits per heavy atom. The van der Waals surface area contributed by atoms with Gasteiger partial charge in [0.2, 0.25) is 0 Å². The molecule has 0 rings (SSSR count). The third-order valence-electron chi connectivity index (χ3n) is 13.1. The van der Waals surface area contributed by atoms with Gasteiger partial charge in [0, 0.05) is 12.8 Å². The largest absolute Gasteiger partial charge is 0.477 e. The molecule has 0 aliphatic heterocycles. The summed E-state index contributed by atoms with van der Waals surface area (Å²) in [5, 5.41) is 9.69. The van der Waals surface area contributed by atoms with Crippen LogP contribution in [0.4, 0.5) is 0 Å². The van der Waals surface area contributed by atoms with Crippen LogP contribution in [0.25, 0.3) is 0 Å². The van der Waals surface area contributed by atoms with Crippen LogP contribution in [0.3, 0.4) is 0 Å². The van der Waals surface area contributed by atoms with Crippen molar-refractivity contribution < 1.29 is 42.9 Å². The van der Waals surface area contributed by atoms with E-state index in [-0.39, 0.29) is 32.2 Å². The molecule has 0 fully saturated rings. The highest BCUT2D eigenvalue weighted by Gasteiger charge is 2.25. The van der Waals surface area contributed by atoms with E-state index in [4.69, 9.17) is 18.9 Å². The summed E-state index contributed by atoms with van der Waals surface area (Å²) in [6, 6.07) is 0. The van der Waals surface area contributed by atoms with Crippen LogP contribution in [0.1, 0.15) is 277 Å². The molecule has 0 saturated carbocycles.